The Balaban J connectivity index is 2.83. The highest BCUT2D eigenvalue weighted by atomic mass is 32.2. The van der Waals surface area contributed by atoms with Crippen molar-refractivity contribution in [1.82, 2.24) is 14.6 Å². The smallest absolute Gasteiger partial charge is 0.260 e. The van der Waals surface area contributed by atoms with E-state index < -0.39 is 10.0 Å². The summed E-state index contributed by atoms with van der Waals surface area (Å²) < 4.78 is 31.2. The number of sulfonamides is 1. The predicted molar refractivity (Wildman–Crippen MR) is 82.5 cm³/mol. The molecule has 1 heterocycles. The van der Waals surface area contributed by atoms with Crippen LogP contribution in [0.5, 0.6) is 0 Å². The zero-order chi connectivity index (χ0) is 15.9. The van der Waals surface area contributed by atoms with Crippen molar-refractivity contribution in [1.29, 1.82) is 0 Å². The first-order chi connectivity index (χ1) is 9.91. The van der Waals surface area contributed by atoms with Crippen molar-refractivity contribution in [2.45, 2.75) is 38.4 Å². The van der Waals surface area contributed by atoms with E-state index in [2.05, 4.69) is 24.1 Å². The van der Waals surface area contributed by atoms with Crippen molar-refractivity contribution >= 4 is 10.0 Å². The van der Waals surface area contributed by atoms with Gasteiger partial charge in [-0.15, -0.1) is 0 Å². The molecule has 1 N–H and O–H groups in total. The molecule has 0 unspecified atom stereocenters. The molecule has 6 nitrogen and oxygen atoms in total. The van der Waals surface area contributed by atoms with Crippen LogP contribution in [0.4, 0.5) is 0 Å². The van der Waals surface area contributed by atoms with Gasteiger partial charge < -0.3 is 10.1 Å². The second-order valence-electron chi connectivity index (χ2n) is 5.03. The Bertz CT molecular complexity index is 515. The standard InChI is InChI=1S/C14H25N3O3S/c1-5-17(8-9-20-4)21(18,19)14-7-6-13(11-16-14)10-15-12(2)3/h6-7,11-12,15H,5,8-10H2,1-4H3. The molecule has 0 amide bonds. The Labute approximate surface area is 127 Å². The molecule has 0 aliphatic heterocycles. The summed E-state index contributed by atoms with van der Waals surface area (Å²) in [6.07, 6.45) is 1.60. The van der Waals surface area contributed by atoms with Crippen molar-refractivity contribution < 1.29 is 13.2 Å². The molecular formula is C14H25N3O3S. The van der Waals surface area contributed by atoms with Crippen LogP contribution in [0, 0.1) is 0 Å². The number of hydrogen-bond acceptors (Lipinski definition) is 5. The lowest BCUT2D eigenvalue weighted by molar-refractivity contribution is 0.180. The lowest BCUT2D eigenvalue weighted by Crippen LogP contribution is -2.34. The van der Waals surface area contributed by atoms with Crippen LogP contribution in [0.1, 0.15) is 26.3 Å². The molecule has 0 aliphatic carbocycles. The van der Waals surface area contributed by atoms with Gasteiger partial charge in [0.05, 0.1) is 6.61 Å². The molecule has 120 valence electrons. The fourth-order valence-corrected chi connectivity index (χ4v) is 3.11. The highest BCUT2D eigenvalue weighted by Gasteiger charge is 2.23. The zero-order valence-corrected chi connectivity index (χ0v) is 14.0. The van der Waals surface area contributed by atoms with Crippen LogP contribution in [-0.2, 0) is 21.3 Å². The summed E-state index contributed by atoms with van der Waals surface area (Å²) >= 11 is 0. The summed E-state index contributed by atoms with van der Waals surface area (Å²) in [6.45, 7) is 7.67. The summed E-state index contributed by atoms with van der Waals surface area (Å²) in [5, 5.41) is 3.34. The quantitative estimate of drug-likeness (QED) is 0.742. The van der Waals surface area contributed by atoms with E-state index in [0.29, 0.717) is 32.3 Å². The molecule has 0 aromatic carbocycles. The van der Waals surface area contributed by atoms with E-state index in [1.54, 1.807) is 32.4 Å². The van der Waals surface area contributed by atoms with Crippen LogP contribution >= 0.6 is 0 Å². The van der Waals surface area contributed by atoms with Gasteiger partial charge in [0, 0.05) is 39.0 Å². The molecule has 1 rings (SSSR count). The second kappa shape index (κ2) is 8.43. The van der Waals surface area contributed by atoms with Gasteiger partial charge in [-0.1, -0.05) is 26.8 Å². The number of pyridine rings is 1. The Morgan fingerprint density at radius 1 is 1.38 bits per heavy atom. The highest BCUT2D eigenvalue weighted by Crippen LogP contribution is 2.13. The molecule has 21 heavy (non-hydrogen) atoms. The van der Waals surface area contributed by atoms with Gasteiger partial charge in [0.25, 0.3) is 10.0 Å². The number of hydrogen-bond donors (Lipinski definition) is 1. The van der Waals surface area contributed by atoms with Crippen LogP contribution in [0.15, 0.2) is 23.4 Å². The molecule has 7 heteroatoms. The van der Waals surface area contributed by atoms with E-state index in [1.807, 2.05) is 0 Å². The third kappa shape index (κ3) is 5.35. The van der Waals surface area contributed by atoms with Crippen LogP contribution < -0.4 is 5.32 Å². The second-order valence-corrected chi connectivity index (χ2v) is 6.91. The van der Waals surface area contributed by atoms with Crippen molar-refractivity contribution in [3.05, 3.63) is 23.9 Å². The third-order valence-corrected chi connectivity index (χ3v) is 4.90. The van der Waals surface area contributed by atoms with E-state index in [4.69, 9.17) is 4.74 Å². The van der Waals surface area contributed by atoms with Crippen molar-refractivity contribution in [3.63, 3.8) is 0 Å². The Morgan fingerprint density at radius 3 is 2.57 bits per heavy atom. The van der Waals surface area contributed by atoms with Crippen molar-refractivity contribution in [3.8, 4) is 0 Å². The summed E-state index contributed by atoms with van der Waals surface area (Å²) in [5.74, 6) is 0. The van der Waals surface area contributed by atoms with Crippen LogP contribution in [0.3, 0.4) is 0 Å². The average Bonchev–Trinajstić information content (AvgIpc) is 2.46. The van der Waals surface area contributed by atoms with Gasteiger partial charge >= 0.3 is 0 Å². The Hall–Kier alpha value is -1.02. The molecule has 0 bridgehead atoms. The van der Waals surface area contributed by atoms with Gasteiger partial charge in [-0.2, -0.15) is 4.31 Å². The molecule has 0 saturated carbocycles. The third-order valence-electron chi connectivity index (χ3n) is 3.01. The van der Waals surface area contributed by atoms with Crippen LogP contribution in [-0.4, -0.2) is 50.6 Å². The monoisotopic (exact) mass is 315 g/mol. The lowest BCUT2D eigenvalue weighted by Gasteiger charge is -2.19. The molecule has 0 saturated heterocycles. The van der Waals surface area contributed by atoms with Crippen molar-refractivity contribution in [2.75, 3.05) is 26.8 Å². The minimum absolute atomic E-state index is 0.0775. The van der Waals surface area contributed by atoms with Gasteiger partial charge in [0.1, 0.15) is 0 Å². The van der Waals surface area contributed by atoms with E-state index >= 15 is 0 Å². The van der Waals surface area contributed by atoms with Gasteiger partial charge in [0.15, 0.2) is 5.03 Å². The van der Waals surface area contributed by atoms with Gasteiger partial charge in [-0.3, -0.25) is 0 Å². The molecule has 0 aliphatic rings. The molecule has 0 fully saturated rings. The normalized spacial score (nSPS) is 12.3. The number of rotatable bonds is 9. The minimum atomic E-state index is -3.55. The topological polar surface area (TPSA) is 71.5 Å². The summed E-state index contributed by atoms with van der Waals surface area (Å²) in [5.41, 5.74) is 0.961. The van der Waals surface area contributed by atoms with Crippen molar-refractivity contribution in [2.24, 2.45) is 0 Å². The lowest BCUT2D eigenvalue weighted by atomic mass is 10.2. The van der Waals surface area contributed by atoms with Gasteiger partial charge in [0.2, 0.25) is 0 Å². The number of nitrogens with one attached hydrogen (secondary N) is 1. The first-order valence-corrected chi connectivity index (χ1v) is 8.53. The van der Waals surface area contributed by atoms with Crippen LogP contribution in [0.25, 0.3) is 0 Å². The maximum Gasteiger partial charge on any atom is 0.260 e. The number of aromatic nitrogens is 1. The molecule has 1 aromatic rings. The molecule has 0 radical (unpaired) electrons. The number of ether oxygens (including phenoxy) is 1. The zero-order valence-electron chi connectivity index (χ0n) is 13.2. The van der Waals surface area contributed by atoms with E-state index in [9.17, 15) is 8.42 Å². The maximum absolute atomic E-state index is 12.4. The number of methoxy groups -OCH3 is 1. The number of likely N-dealkylation sites (N-methyl/N-ethyl adjacent to an activating group) is 1. The predicted octanol–water partition coefficient (Wildman–Crippen LogP) is 1.24. The minimum Gasteiger partial charge on any atom is -0.383 e. The van der Waals surface area contributed by atoms with Gasteiger partial charge in [-0.25, -0.2) is 13.4 Å². The average molecular weight is 315 g/mol. The summed E-state index contributed by atoms with van der Waals surface area (Å²) in [6, 6.07) is 3.72. The molecule has 1 aromatic heterocycles. The first-order valence-electron chi connectivity index (χ1n) is 7.09. The Morgan fingerprint density at radius 2 is 2.10 bits per heavy atom. The van der Waals surface area contributed by atoms with E-state index in [-0.39, 0.29) is 5.03 Å². The molecular weight excluding hydrogens is 290 g/mol. The molecule has 0 spiro atoms. The van der Waals surface area contributed by atoms with E-state index in [0.717, 1.165) is 5.56 Å². The molecule has 0 atom stereocenters. The fraction of sp³-hybridized carbons (Fsp3) is 0.643. The first kappa shape index (κ1) is 18.0. The van der Waals surface area contributed by atoms with Gasteiger partial charge in [-0.05, 0) is 11.6 Å². The highest BCUT2D eigenvalue weighted by molar-refractivity contribution is 7.89. The summed E-state index contributed by atoms with van der Waals surface area (Å²) in [7, 11) is -2.00. The van der Waals surface area contributed by atoms with Crippen LogP contribution in [0.2, 0.25) is 0 Å². The maximum atomic E-state index is 12.4. The summed E-state index contributed by atoms with van der Waals surface area (Å²) in [4.78, 5) is 4.09. The van der Waals surface area contributed by atoms with E-state index in [1.165, 1.54) is 4.31 Å². The largest absolute Gasteiger partial charge is 0.383 e. The SMILES string of the molecule is CCN(CCOC)S(=O)(=O)c1ccc(CNC(C)C)cn1. The Kier molecular flexibility index (Phi) is 7.24. The fourth-order valence-electron chi connectivity index (χ4n) is 1.76. The number of nitrogens with zero attached hydrogens (tertiary/aromatic N) is 2.